The number of thiophene rings is 1. The molecule has 178 valence electrons. The predicted molar refractivity (Wildman–Crippen MR) is 139 cm³/mol. The lowest BCUT2D eigenvalue weighted by Gasteiger charge is -2.24. The lowest BCUT2D eigenvalue weighted by Crippen LogP contribution is -2.39. The van der Waals surface area contributed by atoms with Gasteiger partial charge in [-0.3, -0.25) is 9.36 Å². The number of carbonyl (C=O) groups is 1. The van der Waals surface area contributed by atoms with Crippen molar-refractivity contribution in [1.82, 2.24) is 4.57 Å². The Morgan fingerprint density at radius 3 is 2.50 bits per heavy atom. The van der Waals surface area contributed by atoms with E-state index < -0.39 is 12.0 Å². The number of benzene rings is 1. The second-order valence-electron chi connectivity index (χ2n) is 8.32. The molecule has 0 N–H and O–H groups in total. The Morgan fingerprint density at radius 1 is 1.21 bits per heavy atom. The number of anilines is 1. The summed E-state index contributed by atoms with van der Waals surface area (Å²) in [5, 5.41) is 1.95. The molecule has 0 bridgehead atoms. The number of fused-ring (bicyclic) bond motifs is 1. The second-order valence-corrected chi connectivity index (χ2v) is 10.3. The van der Waals surface area contributed by atoms with Crippen LogP contribution >= 0.6 is 22.7 Å². The molecule has 2 aromatic heterocycles. The van der Waals surface area contributed by atoms with Crippen molar-refractivity contribution >= 4 is 40.4 Å². The summed E-state index contributed by atoms with van der Waals surface area (Å²) in [7, 11) is 0. The van der Waals surface area contributed by atoms with Gasteiger partial charge in [-0.1, -0.05) is 29.5 Å². The number of nitrogens with zero attached hydrogens (tertiary/aromatic N) is 3. The number of rotatable bonds is 7. The van der Waals surface area contributed by atoms with Crippen LogP contribution in [-0.2, 0) is 9.53 Å². The van der Waals surface area contributed by atoms with E-state index in [2.05, 4.69) is 35.9 Å². The Bertz CT molecular complexity index is 1380. The zero-order valence-electron chi connectivity index (χ0n) is 20.1. The van der Waals surface area contributed by atoms with Crippen molar-refractivity contribution in [2.75, 3.05) is 18.0 Å². The Morgan fingerprint density at radius 2 is 1.91 bits per heavy atom. The van der Waals surface area contributed by atoms with E-state index in [1.165, 1.54) is 22.7 Å². The van der Waals surface area contributed by atoms with Gasteiger partial charge in [0.05, 0.1) is 21.9 Å². The van der Waals surface area contributed by atoms with Crippen LogP contribution in [0.4, 0.5) is 5.69 Å². The van der Waals surface area contributed by atoms with Gasteiger partial charge in [0.2, 0.25) is 0 Å². The monoisotopic (exact) mass is 495 g/mol. The highest BCUT2D eigenvalue weighted by Gasteiger charge is 2.34. The van der Waals surface area contributed by atoms with E-state index in [0.29, 0.717) is 20.6 Å². The van der Waals surface area contributed by atoms with Gasteiger partial charge in [-0.15, -0.1) is 11.3 Å². The zero-order chi connectivity index (χ0) is 24.4. The molecule has 3 heterocycles. The third kappa shape index (κ3) is 4.65. The van der Waals surface area contributed by atoms with Gasteiger partial charge in [-0.25, -0.2) is 9.79 Å². The van der Waals surface area contributed by atoms with Gasteiger partial charge in [0.1, 0.15) is 6.04 Å². The third-order valence-electron chi connectivity index (χ3n) is 5.72. The molecule has 0 radical (unpaired) electrons. The maximum absolute atomic E-state index is 13.6. The molecule has 1 aliphatic heterocycles. The van der Waals surface area contributed by atoms with E-state index in [9.17, 15) is 9.59 Å². The minimum atomic E-state index is -0.547. The van der Waals surface area contributed by atoms with Gasteiger partial charge in [-0.05, 0) is 69.8 Å². The van der Waals surface area contributed by atoms with Crippen LogP contribution in [0.25, 0.3) is 6.08 Å². The summed E-state index contributed by atoms with van der Waals surface area (Å²) in [4.78, 5) is 35.0. The molecule has 34 heavy (non-hydrogen) atoms. The second kappa shape index (κ2) is 10.1. The minimum Gasteiger partial charge on any atom is -0.459 e. The molecular formula is C26H29N3O3S2. The van der Waals surface area contributed by atoms with E-state index in [0.717, 1.165) is 29.2 Å². The lowest BCUT2D eigenvalue weighted by atomic mass is 10.0. The summed E-state index contributed by atoms with van der Waals surface area (Å²) in [6.45, 7) is 11.6. The maximum Gasteiger partial charge on any atom is 0.338 e. The average molecular weight is 496 g/mol. The van der Waals surface area contributed by atoms with Crippen molar-refractivity contribution in [3.63, 3.8) is 0 Å². The molecule has 0 saturated heterocycles. The predicted octanol–water partition coefficient (Wildman–Crippen LogP) is 4.09. The van der Waals surface area contributed by atoms with Crippen molar-refractivity contribution in [1.29, 1.82) is 0 Å². The Hall–Kier alpha value is -2.97. The highest BCUT2D eigenvalue weighted by Crippen LogP contribution is 2.33. The van der Waals surface area contributed by atoms with Crippen molar-refractivity contribution in [2.45, 2.75) is 46.8 Å². The number of thiazole rings is 1. The molecule has 0 aliphatic carbocycles. The fraction of sp³-hybridized carbons (Fsp3) is 0.346. The molecule has 3 aromatic rings. The molecule has 1 aromatic carbocycles. The first-order chi connectivity index (χ1) is 16.3. The number of ether oxygens (including phenoxy) is 1. The van der Waals surface area contributed by atoms with Gasteiger partial charge in [-0.2, -0.15) is 0 Å². The van der Waals surface area contributed by atoms with Gasteiger partial charge < -0.3 is 9.64 Å². The van der Waals surface area contributed by atoms with Crippen LogP contribution in [0.15, 0.2) is 62.8 Å². The summed E-state index contributed by atoms with van der Waals surface area (Å²) in [6.07, 6.45) is 1.63. The number of hydrogen-bond donors (Lipinski definition) is 0. The highest BCUT2D eigenvalue weighted by molar-refractivity contribution is 7.10. The smallest absolute Gasteiger partial charge is 0.338 e. The van der Waals surface area contributed by atoms with Crippen LogP contribution in [0, 0.1) is 0 Å². The molecule has 8 heteroatoms. The van der Waals surface area contributed by atoms with E-state index in [-0.39, 0.29) is 11.7 Å². The first-order valence-corrected chi connectivity index (χ1v) is 13.2. The van der Waals surface area contributed by atoms with E-state index in [1.54, 1.807) is 11.5 Å². The largest absolute Gasteiger partial charge is 0.459 e. The van der Waals surface area contributed by atoms with Gasteiger partial charge >= 0.3 is 5.97 Å². The van der Waals surface area contributed by atoms with Crippen LogP contribution in [0.5, 0.6) is 0 Å². The molecule has 4 rings (SSSR count). The maximum atomic E-state index is 13.6. The summed E-state index contributed by atoms with van der Waals surface area (Å²) in [5.74, 6) is -0.434. The van der Waals surface area contributed by atoms with Crippen LogP contribution < -0.4 is 19.8 Å². The fourth-order valence-electron chi connectivity index (χ4n) is 4.10. The standard InChI is InChI=1S/C26H29N3O3S2/c1-6-28(7-2)19-12-10-18(11-13-19)15-21-24(30)29-23(20-9-8-14-33-20)22(25(31)32-16(3)4)17(5)27-26(29)34-21/h8-16,23H,6-7H2,1-5H3. The van der Waals surface area contributed by atoms with Crippen LogP contribution in [0.3, 0.4) is 0 Å². The van der Waals surface area contributed by atoms with Crippen LogP contribution in [0.1, 0.15) is 51.1 Å². The van der Waals surface area contributed by atoms with Gasteiger partial charge in [0.25, 0.3) is 5.56 Å². The number of carbonyl (C=O) groups excluding carboxylic acids is 1. The van der Waals surface area contributed by atoms with Crippen molar-refractivity contribution in [2.24, 2.45) is 4.99 Å². The summed E-state index contributed by atoms with van der Waals surface area (Å²) in [6, 6.07) is 11.5. The molecule has 1 unspecified atom stereocenters. The lowest BCUT2D eigenvalue weighted by molar-refractivity contribution is -0.143. The number of esters is 1. The van der Waals surface area contributed by atoms with Crippen LogP contribution in [-0.4, -0.2) is 29.7 Å². The van der Waals surface area contributed by atoms with Crippen molar-refractivity contribution in [3.8, 4) is 0 Å². The fourth-order valence-corrected chi connectivity index (χ4v) is 5.97. The normalized spacial score (nSPS) is 15.9. The Labute approximate surface area is 207 Å². The zero-order valence-corrected chi connectivity index (χ0v) is 21.7. The molecule has 0 spiro atoms. The number of aromatic nitrogens is 1. The van der Waals surface area contributed by atoms with Gasteiger partial charge in [0, 0.05) is 23.7 Å². The number of allylic oxidation sites excluding steroid dienone is 1. The first kappa shape index (κ1) is 24.2. The molecule has 0 amide bonds. The molecule has 6 nitrogen and oxygen atoms in total. The SMILES string of the molecule is CCN(CC)c1ccc(C=c2sc3n(c2=O)C(c2cccs2)C(C(=O)OC(C)C)=C(C)N=3)cc1. The van der Waals surface area contributed by atoms with Gasteiger partial charge in [0.15, 0.2) is 4.80 Å². The van der Waals surface area contributed by atoms with E-state index in [4.69, 9.17) is 4.74 Å². The van der Waals surface area contributed by atoms with Crippen molar-refractivity contribution in [3.05, 3.63) is 83.2 Å². The van der Waals surface area contributed by atoms with Crippen LogP contribution in [0.2, 0.25) is 0 Å². The number of hydrogen-bond acceptors (Lipinski definition) is 7. The molecule has 0 saturated carbocycles. The highest BCUT2D eigenvalue weighted by atomic mass is 32.1. The molecule has 0 fully saturated rings. The topological polar surface area (TPSA) is 63.9 Å². The van der Waals surface area contributed by atoms with Crippen molar-refractivity contribution < 1.29 is 9.53 Å². The average Bonchev–Trinajstić information content (AvgIpc) is 3.43. The molecule has 1 aliphatic rings. The summed E-state index contributed by atoms with van der Waals surface area (Å²) >= 11 is 2.86. The van der Waals surface area contributed by atoms with E-state index in [1.807, 2.05) is 49.6 Å². The Kier molecular flexibility index (Phi) is 7.19. The summed E-state index contributed by atoms with van der Waals surface area (Å²) < 4.78 is 7.74. The Balaban J connectivity index is 1.81. The molecular weight excluding hydrogens is 466 g/mol. The quantitative estimate of drug-likeness (QED) is 0.463. The summed E-state index contributed by atoms with van der Waals surface area (Å²) in [5.41, 5.74) is 2.95. The molecule has 1 atom stereocenters. The minimum absolute atomic E-state index is 0.155. The third-order valence-corrected chi connectivity index (χ3v) is 7.62. The van der Waals surface area contributed by atoms with E-state index >= 15 is 0 Å². The first-order valence-electron chi connectivity index (χ1n) is 11.5.